The molecule has 0 aliphatic heterocycles. The second kappa shape index (κ2) is 10.4. The zero-order valence-corrected chi connectivity index (χ0v) is 11.8. The van der Waals surface area contributed by atoms with E-state index < -0.39 is 0 Å². The lowest BCUT2D eigenvalue weighted by molar-refractivity contribution is 0.129. The van der Waals surface area contributed by atoms with E-state index in [9.17, 15) is 0 Å². The number of unbranched alkanes of at least 4 members (excludes halogenated alkanes) is 1. The van der Waals surface area contributed by atoms with Gasteiger partial charge in [0.05, 0.1) is 6.54 Å². The van der Waals surface area contributed by atoms with E-state index in [1.807, 2.05) is 6.07 Å². The third-order valence-corrected chi connectivity index (χ3v) is 2.55. The Morgan fingerprint density at radius 3 is 2.89 bits per heavy atom. The van der Waals surface area contributed by atoms with E-state index in [0.29, 0.717) is 6.54 Å². The number of nitrogens with one attached hydrogen (secondary N) is 2. The predicted molar refractivity (Wildman–Crippen MR) is 75.0 cm³/mol. The summed E-state index contributed by atoms with van der Waals surface area (Å²) in [6.07, 6.45) is 4.83. The summed E-state index contributed by atoms with van der Waals surface area (Å²) >= 11 is 0. The highest BCUT2D eigenvalue weighted by atomic mass is 16.5. The molecule has 19 heavy (non-hydrogen) atoms. The first kappa shape index (κ1) is 15.5. The predicted octanol–water partition coefficient (Wildman–Crippen LogP) is 1.55. The van der Waals surface area contributed by atoms with Gasteiger partial charge in [0.25, 0.3) is 0 Å². The van der Waals surface area contributed by atoms with Gasteiger partial charge in [0, 0.05) is 32.9 Å². The van der Waals surface area contributed by atoms with Crippen molar-refractivity contribution >= 4 is 5.96 Å². The van der Waals surface area contributed by atoms with Gasteiger partial charge in [-0.2, -0.15) is 0 Å². The Hall–Kier alpha value is -1.56. The van der Waals surface area contributed by atoms with Crippen LogP contribution < -0.4 is 10.6 Å². The quantitative estimate of drug-likeness (QED) is 0.404. The molecule has 0 saturated carbocycles. The van der Waals surface area contributed by atoms with Gasteiger partial charge in [-0.05, 0) is 12.8 Å². The molecule has 0 aliphatic carbocycles. The number of nitrogens with zero attached hydrogens (tertiary/aromatic N) is 2. The average Bonchev–Trinajstić information content (AvgIpc) is 2.94. The number of aliphatic imine (C=N–C) groups is 1. The van der Waals surface area contributed by atoms with Crippen molar-refractivity contribution in [1.82, 2.24) is 15.8 Å². The van der Waals surface area contributed by atoms with Crippen LogP contribution in [0.2, 0.25) is 0 Å². The van der Waals surface area contributed by atoms with Gasteiger partial charge in [0.2, 0.25) is 0 Å². The molecule has 2 N–H and O–H groups in total. The maximum atomic E-state index is 5.49. The lowest BCUT2D eigenvalue weighted by Gasteiger charge is -2.10. The molecular formula is C13H24N4O2. The number of guanidine groups is 1. The van der Waals surface area contributed by atoms with Crippen LogP contribution in [0, 0.1) is 0 Å². The number of hydrogen-bond acceptors (Lipinski definition) is 4. The fourth-order valence-electron chi connectivity index (χ4n) is 1.45. The van der Waals surface area contributed by atoms with Gasteiger partial charge in [-0.3, -0.25) is 4.99 Å². The van der Waals surface area contributed by atoms with E-state index in [4.69, 9.17) is 9.26 Å². The maximum Gasteiger partial charge on any atom is 0.191 e. The SMILES string of the molecule is CCCCOCCCNC(=NC)NCc1ccon1. The summed E-state index contributed by atoms with van der Waals surface area (Å²) in [6.45, 7) is 5.24. The molecule has 108 valence electrons. The van der Waals surface area contributed by atoms with Gasteiger partial charge in [-0.15, -0.1) is 0 Å². The second-order valence-electron chi connectivity index (χ2n) is 4.16. The van der Waals surface area contributed by atoms with Crippen molar-refractivity contribution < 1.29 is 9.26 Å². The Balaban J connectivity index is 2.02. The molecule has 6 nitrogen and oxygen atoms in total. The largest absolute Gasteiger partial charge is 0.381 e. The first-order valence-electron chi connectivity index (χ1n) is 6.78. The van der Waals surface area contributed by atoms with Gasteiger partial charge in [-0.1, -0.05) is 18.5 Å². The molecule has 1 aromatic heterocycles. The van der Waals surface area contributed by atoms with E-state index in [-0.39, 0.29) is 0 Å². The Kier molecular flexibility index (Phi) is 8.46. The standard InChI is InChI=1S/C13H24N4O2/c1-3-4-8-18-9-5-7-15-13(14-2)16-11-12-6-10-19-17-12/h6,10H,3-5,7-9,11H2,1-2H3,(H2,14,15,16). The first-order valence-corrected chi connectivity index (χ1v) is 6.78. The molecule has 6 heteroatoms. The summed E-state index contributed by atoms with van der Waals surface area (Å²) in [5, 5.41) is 10.2. The molecule has 0 radical (unpaired) electrons. The van der Waals surface area contributed by atoms with Crippen molar-refractivity contribution in [2.45, 2.75) is 32.7 Å². The monoisotopic (exact) mass is 268 g/mol. The molecule has 0 amide bonds. The van der Waals surface area contributed by atoms with Crippen LogP contribution in [0.3, 0.4) is 0 Å². The zero-order chi connectivity index (χ0) is 13.8. The summed E-state index contributed by atoms with van der Waals surface area (Å²) in [7, 11) is 1.75. The molecule has 0 unspecified atom stereocenters. The molecule has 0 aromatic carbocycles. The topological polar surface area (TPSA) is 71.7 Å². The van der Waals surface area contributed by atoms with E-state index >= 15 is 0 Å². The minimum Gasteiger partial charge on any atom is -0.381 e. The lowest BCUT2D eigenvalue weighted by Crippen LogP contribution is -2.37. The van der Waals surface area contributed by atoms with Crippen molar-refractivity contribution in [3.05, 3.63) is 18.0 Å². The minimum atomic E-state index is 0.600. The molecule has 0 saturated heterocycles. The number of aromatic nitrogens is 1. The molecule has 1 rings (SSSR count). The molecule has 0 spiro atoms. The van der Waals surface area contributed by atoms with Gasteiger partial charge in [0.1, 0.15) is 12.0 Å². The zero-order valence-electron chi connectivity index (χ0n) is 11.8. The number of ether oxygens (including phenoxy) is 1. The molecule has 0 bridgehead atoms. The van der Waals surface area contributed by atoms with Crippen LogP contribution in [-0.4, -0.2) is 37.9 Å². The lowest BCUT2D eigenvalue weighted by atomic mass is 10.4. The van der Waals surface area contributed by atoms with Crippen molar-refractivity contribution in [3.63, 3.8) is 0 Å². The van der Waals surface area contributed by atoms with Crippen LogP contribution in [-0.2, 0) is 11.3 Å². The molecule has 0 atom stereocenters. The van der Waals surface area contributed by atoms with E-state index in [1.54, 1.807) is 13.3 Å². The van der Waals surface area contributed by atoms with Crippen LogP contribution in [0.5, 0.6) is 0 Å². The maximum absolute atomic E-state index is 5.49. The van der Waals surface area contributed by atoms with E-state index in [1.165, 1.54) is 6.42 Å². The van der Waals surface area contributed by atoms with E-state index in [0.717, 1.165) is 44.3 Å². The second-order valence-corrected chi connectivity index (χ2v) is 4.16. The van der Waals surface area contributed by atoms with Gasteiger partial charge >= 0.3 is 0 Å². The fraction of sp³-hybridized carbons (Fsp3) is 0.692. The Morgan fingerprint density at radius 2 is 2.21 bits per heavy atom. The Bertz CT molecular complexity index is 338. The molecule has 0 aliphatic rings. The van der Waals surface area contributed by atoms with Crippen LogP contribution in [0.25, 0.3) is 0 Å². The third-order valence-electron chi connectivity index (χ3n) is 2.55. The highest BCUT2D eigenvalue weighted by Crippen LogP contribution is 1.92. The van der Waals surface area contributed by atoms with Gasteiger partial charge in [-0.25, -0.2) is 0 Å². The van der Waals surface area contributed by atoms with Crippen molar-refractivity contribution in [2.75, 3.05) is 26.8 Å². The smallest absolute Gasteiger partial charge is 0.191 e. The van der Waals surface area contributed by atoms with Gasteiger partial charge in [0.15, 0.2) is 5.96 Å². The summed E-state index contributed by atoms with van der Waals surface area (Å²) in [4.78, 5) is 4.13. The van der Waals surface area contributed by atoms with Crippen molar-refractivity contribution in [3.8, 4) is 0 Å². The summed E-state index contributed by atoms with van der Waals surface area (Å²) < 4.78 is 10.2. The van der Waals surface area contributed by atoms with Crippen LogP contribution >= 0.6 is 0 Å². The van der Waals surface area contributed by atoms with Gasteiger partial charge < -0.3 is 19.9 Å². The fourth-order valence-corrected chi connectivity index (χ4v) is 1.45. The Morgan fingerprint density at radius 1 is 1.37 bits per heavy atom. The Labute approximate surface area is 114 Å². The minimum absolute atomic E-state index is 0.600. The number of rotatable bonds is 9. The molecule has 0 fully saturated rings. The molecular weight excluding hydrogens is 244 g/mol. The third kappa shape index (κ3) is 7.46. The average molecular weight is 268 g/mol. The first-order chi connectivity index (χ1) is 9.36. The highest BCUT2D eigenvalue weighted by molar-refractivity contribution is 5.79. The number of hydrogen-bond donors (Lipinski definition) is 2. The highest BCUT2D eigenvalue weighted by Gasteiger charge is 1.99. The van der Waals surface area contributed by atoms with Crippen molar-refractivity contribution in [1.29, 1.82) is 0 Å². The summed E-state index contributed by atoms with van der Waals surface area (Å²) in [6, 6.07) is 1.82. The summed E-state index contributed by atoms with van der Waals surface area (Å²) in [5.74, 6) is 0.761. The summed E-state index contributed by atoms with van der Waals surface area (Å²) in [5.41, 5.74) is 0.853. The molecule has 1 aromatic rings. The van der Waals surface area contributed by atoms with Crippen LogP contribution in [0.1, 0.15) is 31.9 Å². The normalized spacial score (nSPS) is 11.6. The van der Waals surface area contributed by atoms with Crippen molar-refractivity contribution in [2.24, 2.45) is 4.99 Å². The molecule has 1 heterocycles. The van der Waals surface area contributed by atoms with E-state index in [2.05, 4.69) is 27.7 Å². The van der Waals surface area contributed by atoms with Crippen LogP contribution in [0.15, 0.2) is 21.8 Å². The van der Waals surface area contributed by atoms with Crippen LogP contribution in [0.4, 0.5) is 0 Å².